The van der Waals surface area contributed by atoms with Crippen molar-refractivity contribution < 1.29 is 9.90 Å². The number of amides is 1. The second-order valence-corrected chi connectivity index (χ2v) is 5.55. The summed E-state index contributed by atoms with van der Waals surface area (Å²) in [5, 5.41) is 13.8. The molecular formula is C11H13NO2S2. The van der Waals surface area contributed by atoms with Crippen LogP contribution in [0, 0.1) is 0 Å². The Morgan fingerprint density at radius 2 is 2.38 bits per heavy atom. The molecule has 16 heavy (non-hydrogen) atoms. The van der Waals surface area contributed by atoms with E-state index in [1.165, 1.54) is 11.3 Å². The average molecular weight is 255 g/mol. The highest BCUT2D eigenvalue weighted by atomic mass is 32.1. The van der Waals surface area contributed by atoms with E-state index in [4.69, 9.17) is 5.11 Å². The third-order valence-electron chi connectivity index (χ3n) is 2.41. The number of nitrogens with one attached hydrogen (secondary N) is 1. The quantitative estimate of drug-likeness (QED) is 0.881. The van der Waals surface area contributed by atoms with Crippen molar-refractivity contribution in [2.45, 2.75) is 19.4 Å². The minimum atomic E-state index is -0.146. The lowest BCUT2D eigenvalue weighted by Crippen LogP contribution is -2.36. The van der Waals surface area contributed by atoms with Crippen molar-refractivity contribution in [1.29, 1.82) is 0 Å². The summed E-state index contributed by atoms with van der Waals surface area (Å²) in [4.78, 5) is 12.5. The summed E-state index contributed by atoms with van der Waals surface area (Å²) in [6.07, 6.45) is 0.738. The molecule has 0 aromatic carbocycles. The normalized spacial score (nSPS) is 12.9. The first-order valence-electron chi connectivity index (χ1n) is 5.13. The van der Waals surface area contributed by atoms with E-state index in [1.54, 1.807) is 11.3 Å². The molecule has 2 aromatic rings. The zero-order valence-corrected chi connectivity index (χ0v) is 10.5. The summed E-state index contributed by atoms with van der Waals surface area (Å²) in [5.41, 5.74) is 0. The molecule has 0 spiro atoms. The molecule has 86 valence electrons. The van der Waals surface area contributed by atoms with Gasteiger partial charge in [0, 0.05) is 9.40 Å². The minimum absolute atomic E-state index is 0.0119. The van der Waals surface area contributed by atoms with Crippen molar-refractivity contribution in [3.05, 3.63) is 22.4 Å². The topological polar surface area (TPSA) is 49.3 Å². The molecule has 2 N–H and O–H groups in total. The zero-order chi connectivity index (χ0) is 11.5. The van der Waals surface area contributed by atoms with Crippen LogP contribution in [0.2, 0.25) is 0 Å². The van der Waals surface area contributed by atoms with Gasteiger partial charge in [-0.15, -0.1) is 22.7 Å². The standard InChI is InChI=1S/C11H13NO2S2/c1-2-7(6-13)12-11(14)10-5-9-8(16-10)3-4-15-9/h3-5,7,13H,2,6H2,1H3,(H,12,14). The molecule has 0 radical (unpaired) electrons. The number of carbonyl (C=O) groups is 1. The molecule has 0 aliphatic rings. The van der Waals surface area contributed by atoms with Crippen LogP contribution in [0.25, 0.3) is 9.40 Å². The maximum Gasteiger partial charge on any atom is 0.261 e. The maximum atomic E-state index is 11.8. The molecule has 5 heteroatoms. The number of hydrogen-bond acceptors (Lipinski definition) is 4. The lowest BCUT2D eigenvalue weighted by molar-refractivity contribution is 0.0919. The third kappa shape index (κ3) is 2.26. The number of aliphatic hydroxyl groups excluding tert-OH is 1. The minimum Gasteiger partial charge on any atom is -0.394 e. The van der Waals surface area contributed by atoms with Gasteiger partial charge in [0.05, 0.1) is 17.5 Å². The van der Waals surface area contributed by atoms with E-state index in [1.807, 2.05) is 24.4 Å². The molecule has 0 saturated carbocycles. The van der Waals surface area contributed by atoms with E-state index in [0.29, 0.717) is 4.88 Å². The highest BCUT2D eigenvalue weighted by molar-refractivity contribution is 7.27. The Morgan fingerprint density at radius 3 is 3.00 bits per heavy atom. The number of fused-ring (bicyclic) bond motifs is 1. The molecule has 0 fully saturated rings. The number of aliphatic hydroxyl groups is 1. The van der Waals surface area contributed by atoms with E-state index in [9.17, 15) is 4.79 Å². The van der Waals surface area contributed by atoms with Gasteiger partial charge < -0.3 is 10.4 Å². The van der Waals surface area contributed by atoms with E-state index in [2.05, 4.69) is 5.32 Å². The van der Waals surface area contributed by atoms with Gasteiger partial charge in [-0.2, -0.15) is 0 Å². The second-order valence-electron chi connectivity index (χ2n) is 3.52. The number of hydrogen-bond donors (Lipinski definition) is 2. The van der Waals surface area contributed by atoms with Gasteiger partial charge in [0.2, 0.25) is 0 Å². The van der Waals surface area contributed by atoms with Crippen molar-refractivity contribution in [3.63, 3.8) is 0 Å². The molecule has 3 nitrogen and oxygen atoms in total. The van der Waals surface area contributed by atoms with Crippen LogP contribution in [0.3, 0.4) is 0 Å². The van der Waals surface area contributed by atoms with E-state index < -0.39 is 0 Å². The average Bonchev–Trinajstić information content (AvgIpc) is 2.85. The molecule has 2 aromatic heterocycles. The fourth-order valence-electron chi connectivity index (χ4n) is 1.41. The van der Waals surface area contributed by atoms with Gasteiger partial charge in [-0.05, 0) is 23.9 Å². The Hall–Kier alpha value is -0.910. The third-order valence-corrected chi connectivity index (χ3v) is 4.50. The predicted molar refractivity (Wildman–Crippen MR) is 68.3 cm³/mol. The molecule has 1 unspecified atom stereocenters. The van der Waals surface area contributed by atoms with Gasteiger partial charge >= 0.3 is 0 Å². The van der Waals surface area contributed by atoms with E-state index in [-0.39, 0.29) is 18.6 Å². The SMILES string of the molecule is CCC(CO)NC(=O)c1cc2sccc2s1. The van der Waals surface area contributed by atoms with Gasteiger partial charge in [0.25, 0.3) is 5.91 Å². The van der Waals surface area contributed by atoms with Crippen molar-refractivity contribution in [2.24, 2.45) is 0 Å². The van der Waals surface area contributed by atoms with Gasteiger partial charge in [-0.1, -0.05) is 6.92 Å². The fraction of sp³-hybridized carbons (Fsp3) is 0.364. The molecule has 1 atom stereocenters. The van der Waals surface area contributed by atoms with Crippen molar-refractivity contribution in [3.8, 4) is 0 Å². The van der Waals surface area contributed by atoms with Crippen LogP contribution in [-0.2, 0) is 0 Å². The molecule has 0 aliphatic carbocycles. The first-order valence-corrected chi connectivity index (χ1v) is 6.83. The van der Waals surface area contributed by atoms with E-state index in [0.717, 1.165) is 15.8 Å². The number of thiophene rings is 2. The first kappa shape index (κ1) is 11.6. The number of rotatable bonds is 4. The Bertz CT molecular complexity index is 456. The number of carbonyl (C=O) groups excluding carboxylic acids is 1. The molecule has 1 amide bonds. The molecule has 0 aliphatic heterocycles. The summed E-state index contributed by atoms with van der Waals surface area (Å²) >= 11 is 3.13. The van der Waals surface area contributed by atoms with Crippen LogP contribution < -0.4 is 5.32 Å². The van der Waals surface area contributed by atoms with Crippen LogP contribution in [-0.4, -0.2) is 23.7 Å². The predicted octanol–water partition coefficient (Wildman–Crippen LogP) is 2.46. The van der Waals surface area contributed by atoms with Crippen molar-refractivity contribution in [2.75, 3.05) is 6.61 Å². The Labute approximate surface area is 102 Å². The Morgan fingerprint density at radius 1 is 1.56 bits per heavy atom. The van der Waals surface area contributed by atoms with Crippen LogP contribution in [0.15, 0.2) is 17.5 Å². The van der Waals surface area contributed by atoms with Crippen molar-refractivity contribution >= 4 is 38.0 Å². The monoisotopic (exact) mass is 255 g/mol. The first-order chi connectivity index (χ1) is 7.74. The molecule has 2 heterocycles. The van der Waals surface area contributed by atoms with Gasteiger partial charge in [0.15, 0.2) is 0 Å². The zero-order valence-electron chi connectivity index (χ0n) is 8.90. The van der Waals surface area contributed by atoms with Crippen LogP contribution >= 0.6 is 22.7 Å². The Kier molecular flexibility index (Phi) is 3.58. The molecule has 2 rings (SSSR count). The highest BCUT2D eigenvalue weighted by Gasteiger charge is 2.14. The summed E-state index contributed by atoms with van der Waals surface area (Å²) in [6.45, 7) is 1.93. The lowest BCUT2D eigenvalue weighted by Gasteiger charge is -2.12. The highest BCUT2D eigenvalue weighted by Crippen LogP contribution is 2.29. The molecular weight excluding hydrogens is 242 g/mol. The fourth-order valence-corrected chi connectivity index (χ4v) is 3.42. The second kappa shape index (κ2) is 4.95. The summed E-state index contributed by atoms with van der Waals surface area (Å²) in [5.74, 6) is -0.0886. The smallest absolute Gasteiger partial charge is 0.261 e. The van der Waals surface area contributed by atoms with Crippen LogP contribution in [0.4, 0.5) is 0 Å². The molecule has 0 bridgehead atoms. The van der Waals surface area contributed by atoms with Crippen LogP contribution in [0.5, 0.6) is 0 Å². The largest absolute Gasteiger partial charge is 0.394 e. The Balaban J connectivity index is 2.12. The maximum absolute atomic E-state index is 11.8. The summed E-state index contributed by atoms with van der Waals surface area (Å²) in [6, 6.07) is 3.78. The van der Waals surface area contributed by atoms with Crippen molar-refractivity contribution in [1.82, 2.24) is 5.32 Å². The summed E-state index contributed by atoms with van der Waals surface area (Å²) < 4.78 is 2.29. The summed E-state index contributed by atoms with van der Waals surface area (Å²) in [7, 11) is 0. The van der Waals surface area contributed by atoms with Crippen LogP contribution in [0.1, 0.15) is 23.0 Å². The molecule has 0 saturated heterocycles. The van der Waals surface area contributed by atoms with Gasteiger partial charge in [0.1, 0.15) is 0 Å². The van der Waals surface area contributed by atoms with Gasteiger partial charge in [-0.25, -0.2) is 0 Å². The lowest BCUT2D eigenvalue weighted by atomic mass is 10.2. The van der Waals surface area contributed by atoms with E-state index >= 15 is 0 Å². The van der Waals surface area contributed by atoms with Gasteiger partial charge in [-0.3, -0.25) is 4.79 Å².